The molecule has 0 aliphatic heterocycles. The average Bonchev–Trinajstić information content (AvgIpc) is 2.54. The van der Waals surface area contributed by atoms with Crippen LogP contribution in [0, 0.1) is 11.2 Å². The van der Waals surface area contributed by atoms with Gasteiger partial charge in [-0.05, 0) is 30.5 Å². The van der Waals surface area contributed by atoms with E-state index >= 15 is 0 Å². The molecule has 2 aromatic rings. The topological polar surface area (TPSA) is 41.0 Å². The molecule has 4 heteroatoms. The van der Waals surface area contributed by atoms with Crippen LogP contribution in [0.15, 0.2) is 36.5 Å². The number of unbranched alkanes of at least 4 members (excludes halogenated alkanes) is 4. The number of nitrogens with zero attached hydrogens (tertiary/aromatic N) is 3. The minimum absolute atomic E-state index is 0.191. The first-order chi connectivity index (χ1) is 10.7. The van der Waals surface area contributed by atoms with Crippen LogP contribution in [0.4, 0.5) is 10.1 Å². The monoisotopic (exact) mass is 298 g/mol. The first-order valence-electron chi connectivity index (χ1n) is 7.84. The predicted molar refractivity (Wildman–Crippen MR) is 86.8 cm³/mol. The molecule has 0 unspecified atom stereocenters. The van der Waals surface area contributed by atoms with E-state index in [-0.39, 0.29) is 5.69 Å². The van der Waals surface area contributed by atoms with Gasteiger partial charge in [-0.15, -0.1) is 0 Å². The second-order valence-electron chi connectivity index (χ2n) is 5.51. The van der Waals surface area contributed by atoms with Crippen molar-refractivity contribution >= 4 is 5.69 Å². The molecule has 1 aromatic heterocycles. The summed E-state index contributed by atoms with van der Waals surface area (Å²) >= 11 is 0. The molecule has 114 valence electrons. The van der Waals surface area contributed by atoms with Crippen molar-refractivity contribution < 1.29 is 4.39 Å². The zero-order chi connectivity index (χ0) is 15.8. The first kappa shape index (κ1) is 16.1. The molecule has 22 heavy (non-hydrogen) atoms. The van der Waals surface area contributed by atoms with E-state index in [9.17, 15) is 4.39 Å². The van der Waals surface area contributed by atoms with Gasteiger partial charge in [-0.2, -0.15) is 0 Å². The van der Waals surface area contributed by atoms with Crippen LogP contribution in [0.1, 0.15) is 44.6 Å². The molecule has 0 aliphatic rings. The Labute approximate surface area is 130 Å². The summed E-state index contributed by atoms with van der Waals surface area (Å²) in [6.45, 7) is 2.21. The largest absolute Gasteiger partial charge is 0.388 e. The molecule has 0 aliphatic carbocycles. The van der Waals surface area contributed by atoms with Crippen LogP contribution in [0.2, 0.25) is 0 Å². The van der Waals surface area contributed by atoms with Gasteiger partial charge < -0.3 is 0 Å². The fourth-order valence-corrected chi connectivity index (χ4v) is 2.46. The highest BCUT2D eigenvalue weighted by Gasteiger charge is 2.11. The predicted octanol–water partition coefficient (Wildman–Crippen LogP) is 5.89. The number of aryl methyl sites for hydroxylation is 1. The number of aromatic nitrogens is 1. The van der Waals surface area contributed by atoms with Crippen molar-refractivity contribution in [3.8, 4) is 11.3 Å². The Hall–Kier alpha value is -2.28. The van der Waals surface area contributed by atoms with Gasteiger partial charge in [0, 0.05) is 17.8 Å². The Morgan fingerprint density at radius 1 is 1.09 bits per heavy atom. The quantitative estimate of drug-likeness (QED) is 0.472. The third-order valence-electron chi connectivity index (χ3n) is 3.69. The standard InChI is InChI=1S/C18H21FN3/c1-2-3-4-5-6-7-14-8-9-18(21-13-14)15-10-16(19)12-17(11-15)22-20/h8-13H,2-7H2,1H3/q+1. The number of rotatable bonds is 7. The molecule has 1 heterocycles. The fourth-order valence-electron chi connectivity index (χ4n) is 2.46. The molecule has 1 aromatic carbocycles. The minimum atomic E-state index is -0.438. The lowest BCUT2D eigenvalue weighted by molar-refractivity contribution is 0.629. The lowest BCUT2D eigenvalue weighted by atomic mass is 10.1. The third-order valence-corrected chi connectivity index (χ3v) is 3.69. The molecule has 0 radical (unpaired) electrons. The summed E-state index contributed by atoms with van der Waals surface area (Å²) in [7, 11) is 0. The fraction of sp³-hybridized carbons (Fsp3) is 0.389. The summed E-state index contributed by atoms with van der Waals surface area (Å²) in [5.74, 6) is -0.438. The molecule has 0 saturated carbocycles. The number of diazo groups is 1. The Balaban J connectivity index is 2.00. The zero-order valence-corrected chi connectivity index (χ0v) is 12.9. The summed E-state index contributed by atoms with van der Waals surface area (Å²) in [5.41, 5.74) is 2.68. The van der Waals surface area contributed by atoms with E-state index in [4.69, 9.17) is 5.39 Å². The maximum atomic E-state index is 13.4. The second kappa shape index (κ2) is 8.23. The van der Waals surface area contributed by atoms with Gasteiger partial charge in [0.2, 0.25) is 5.39 Å². The van der Waals surface area contributed by atoms with Crippen LogP contribution in [-0.2, 0) is 6.42 Å². The first-order valence-corrected chi connectivity index (χ1v) is 7.84. The SMILES string of the molecule is CCCCCCCc1ccc(-c2cc(F)cc([N+]#N)c2)nc1. The molecule has 0 atom stereocenters. The molecule has 0 bridgehead atoms. The van der Waals surface area contributed by atoms with E-state index < -0.39 is 5.82 Å². The number of pyridine rings is 1. The van der Waals surface area contributed by atoms with Gasteiger partial charge >= 0.3 is 5.69 Å². The van der Waals surface area contributed by atoms with Crippen LogP contribution in [0.25, 0.3) is 16.2 Å². The molecular formula is C18H21FN3+. The van der Waals surface area contributed by atoms with Gasteiger partial charge in [0.05, 0.1) is 11.8 Å². The summed E-state index contributed by atoms with van der Waals surface area (Å²) < 4.78 is 13.4. The van der Waals surface area contributed by atoms with Crippen molar-refractivity contribution in [1.82, 2.24) is 4.98 Å². The van der Waals surface area contributed by atoms with E-state index in [1.165, 1.54) is 49.8 Å². The van der Waals surface area contributed by atoms with Crippen molar-refractivity contribution in [2.24, 2.45) is 0 Å². The summed E-state index contributed by atoms with van der Waals surface area (Å²) in [5, 5.41) is 8.77. The van der Waals surface area contributed by atoms with Gasteiger partial charge in [-0.3, -0.25) is 4.98 Å². The highest BCUT2D eigenvalue weighted by Crippen LogP contribution is 2.24. The van der Waals surface area contributed by atoms with Gasteiger partial charge in [0.1, 0.15) is 5.82 Å². The van der Waals surface area contributed by atoms with E-state index in [0.717, 1.165) is 6.42 Å². The van der Waals surface area contributed by atoms with Crippen LogP contribution in [-0.4, -0.2) is 4.98 Å². The molecule has 0 N–H and O–H groups in total. The van der Waals surface area contributed by atoms with Gasteiger partial charge in [-0.1, -0.05) is 38.7 Å². The Kier molecular flexibility index (Phi) is 6.02. The Bertz CT molecular complexity index is 644. The van der Waals surface area contributed by atoms with Crippen LogP contribution >= 0.6 is 0 Å². The second-order valence-corrected chi connectivity index (χ2v) is 5.51. The minimum Gasteiger partial charge on any atom is -0.256 e. The van der Waals surface area contributed by atoms with Gasteiger partial charge in [0.25, 0.3) is 0 Å². The average molecular weight is 298 g/mol. The molecule has 0 saturated heterocycles. The summed E-state index contributed by atoms with van der Waals surface area (Å²) in [6.07, 6.45) is 9.14. The zero-order valence-electron chi connectivity index (χ0n) is 12.9. The molecule has 2 rings (SSSR count). The molecule has 0 spiro atoms. The number of benzene rings is 1. The number of hydrogen-bond donors (Lipinski definition) is 0. The van der Waals surface area contributed by atoms with Crippen LogP contribution in [0.3, 0.4) is 0 Å². The molecular weight excluding hydrogens is 277 g/mol. The lowest BCUT2D eigenvalue weighted by Crippen LogP contribution is -1.90. The smallest absolute Gasteiger partial charge is 0.256 e. The van der Waals surface area contributed by atoms with Crippen molar-refractivity contribution in [3.63, 3.8) is 0 Å². The van der Waals surface area contributed by atoms with E-state index in [1.54, 1.807) is 6.07 Å². The molecule has 3 nitrogen and oxygen atoms in total. The normalized spacial score (nSPS) is 10.4. The van der Waals surface area contributed by atoms with Gasteiger partial charge in [-0.25, -0.2) is 4.39 Å². The Morgan fingerprint density at radius 3 is 2.59 bits per heavy atom. The van der Waals surface area contributed by atoms with Crippen molar-refractivity contribution in [1.29, 1.82) is 5.39 Å². The summed E-state index contributed by atoms with van der Waals surface area (Å²) in [6, 6.07) is 8.09. The summed E-state index contributed by atoms with van der Waals surface area (Å²) in [4.78, 5) is 7.42. The van der Waals surface area contributed by atoms with E-state index in [0.29, 0.717) is 11.3 Å². The number of halogens is 1. The third kappa shape index (κ3) is 4.63. The van der Waals surface area contributed by atoms with Gasteiger partial charge in [0.15, 0.2) is 4.98 Å². The van der Waals surface area contributed by atoms with Crippen LogP contribution in [0.5, 0.6) is 0 Å². The van der Waals surface area contributed by atoms with Crippen LogP contribution < -0.4 is 0 Å². The van der Waals surface area contributed by atoms with E-state index in [2.05, 4.69) is 16.9 Å². The highest BCUT2D eigenvalue weighted by atomic mass is 19.1. The highest BCUT2D eigenvalue weighted by molar-refractivity contribution is 5.65. The maximum absolute atomic E-state index is 13.4. The van der Waals surface area contributed by atoms with Crippen molar-refractivity contribution in [3.05, 3.63) is 52.9 Å². The number of hydrogen-bond acceptors (Lipinski definition) is 2. The molecule has 0 amide bonds. The maximum Gasteiger partial charge on any atom is 0.388 e. The molecule has 0 fully saturated rings. The Morgan fingerprint density at radius 2 is 1.91 bits per heavy atom. The van der Waals surface area contributed by atoms with Crippen molar-refractivity contribution in [2.75, 3.05) is 0 Å². The van der Waals surface area contributed by atoms with E-state index in [1.807, 2.05) is 18.3 Å². The lowest BCUT2D eigenvalue weighted by Gasteiger charge is -2.04. The van der Waals surface area contributed by atoms with Crippen molar-refractivity contribution in [2.45, 2.75) is 45.4 Å².